The Bertz CT molecular complexity index is 1060. The maximum Gasteiger partial charge on any atom is 0.119 e. The molecule has 1 aromatic heterocycles. The zero-order chi connectivity index (χ0) is 22.1. The molecule has 2 heterocycles. The van der Waals surface area contributed by atoms with Crippen molar-refractivity contribution in [3.63, 3.8) is 0 Å². The van der Waals surface area contributed by atoms with Crippen LogP contribution < -0.4 is 4.74 Å². The standard InChI is InChI=1S/C26H32BrN3O2/c1-29-11-13-30(14-12-29)16-20(31)17-32-21-8-5-18(6-9-21)22-3-2-4-23-24-15-19(27)7-10-25(24)28-26(22)23/h5-10,15,20,22,28,31H,2-4,11-14,16-17H2,1H3. The summed E-state index contributed by atoms with van der Waals surface area (Å²) in [7, 11) is 2.14. The van der Waals surface area contributed by atoms with E-state index in [-0.39, 0.29) is 0 Å². The van der Waals surface area contributed by atoms with E-state index in [1.165, 1.54) is 34.1 Å². The summed E-state index contributed by atoms with van der Waals surface area (Å²) in [6.45, 7) is 5.15. The summed E-state index contributed by atoms with van der Waals surface area (Å²) in [4.78, 5) is 8.34. The van der Waals surface area contributed by atoms with Gasteiger partial charge in [-0.05, 0) is 67.8 Å². The molecule has 170 valence electrons. The number of hydrogen-bond acceptors (Lipinski definition) is 4. The predicted molar refractivity (Wildman–Crippen MR) is 133 cm³/mol. The number of benzene rings is 2. The van der Waals surface area contributed by atoms with Crippen LogP contribution >= 0.6 is 15.9 Å². The summed E-state index contributed by atoms with van der Waals surface area (Å²) < 4.78 is 7.03. The molecule has 0 amide bonds. The Kier molecular flexibility index (Phi) is 6.56. The topological polar surface area (TPSA) is 51.7 Å². The predicted octanol–water partition coefficient (Wildman–Crippen LogP) is 4.39. The van der Waals surface area contributed by atoms with Crippen LogP contribution in [0.2, 0.25) is 0 Å². The van der Waals surface area contributed by atoms with Crippen LogP contribution in [0.3, 0.4) is 0 Å². The van der Waals surface area contributed by atoms with Gasteiger partial charge in [-0.3, -0.25) is 4.90 Å². The Morgan fingerprint density at radius 3 is 2.69 bits per heavy atom. The molecule has 5 rings (SSSR count). The van der Waals surface area contributed by atoms with Crippen LogP contribution in [0.5, 0.6) is 5.75 Å². The highest BCUT2D eigenvalue weighted by Crippen LogP contribution is 2.40. The van der Waals surface area contributed by atoms with Crippen molar-refractivity contribution in [1.82, 2.24) is 14.8 Å². The van der Waals surface area contributed by atoms with E-state index < -0.39 is 6.10 Å². The number of piperazine rings is 1. The van der Waals surface area contributed by atoms with Gasteiger partial charge in [0.2, 0.25) is 0 Å². The smallest absolute Gasteiger partial charge is 0.119 e. The average Bonchev–Trinajstić information content (AvgIpc) is 3.18. The zero-order valence-electron chi connectivity index (χ0n) is 18.7. The molecule has 2 aromatic carbocycles. The van der Waals surface area contributed by atoms with Gasteiger partial charge in [0.1, 0.15) is 18.5 Å². The van der Waals surface area contributed by atoms with Crippen LogP contribution in [0.15, 0.2) is 46.9 Å². The van der Waals surface area contributed by atoms with Gasteiger partial charge in [-0.1, -0.05) is 28.1 Å². The van der Waals surface area contributed by atoms with Crippen molar-refractivity contribution in [2.24, 2.45) is 0 Å². The summed E-state index contributed by atoms with van der Waals surface area (Å²) in [5.74, 6) is 1.21. The number of hydrogen-bond donors (Lipinski definition) is 2. The Hall–Kier alpha value is -1.86. The van der Waals surface area contributed by atoms with E-state index in [1.54, 1.807) is 0 Å². The largest absolute Gasteiger partial charge is 0.491 e. The number of aliphatic hydroxyl groups is 1. The number of H-pyrrole nitrogens is 1. The highest BCUT2D eigenvalue weighted by atomic mass is 79.9. The van der Waals surface area contributed by atoms with Crippen molar-refractivity contribution >= 4 is 26.8 Å². The van der Waals surface area contributed by atoms with Gasteiger partial charge < -0.3 is 19.7 Å². The maximum atomic E-state index is 10.4. The van der Waals surface area contributed by atoms with Gasteiger partial charge in [0.15, 0.2) is 0 Å². The van der Waals surface area contributed by atoms with Crippen molar-refractivity contribution in [2.75, 3.05) is 46.4 Å². The third kappa shape index (κ3) is 4.74. The molecule has 1 saturated heterocycles. The number of aromatic amines is 1. The number of ether oxygens (including phenoxy) is 1. The van der Waals surface area contributed by atoms with Crippen LogP contribution in [0.1, 0.15) is 35.6 Å². The van der Waals surface area contributed by atoms with Gasteiger partial charge in [0.05, 0.1) is 0 Å². The van der Waals surface area contributed by atoms with E-state index >= 15 is 0 Å². The highest BCUT2D eigenvalue weighted by Gasteiger charge is 2.25. The lowest BCUT2D eigenvalue weighted by molar-refractivity contribution is 0.0505. The Morgan fingerprint density at radius 1 is 1.12 bits per heavy atom. The molecule has 1 aliphatic heterocycles. The van der Waals surface area contributed by atoms with Crippen molar-refractivity contribution in [3.8, 4) is 5.75 Å². The van der Waals surface area contributed by atoms with Gasteiger partial charge in [-0.15, -0.1) is 0 Å². The van der Waals surface area contributed by atoms with Crippen LogP contribution in [0.25, 0.3) is 10.9 Å². The lowest BCUT2D eigenvalue weighted by Gasteiger charge is -2.33. The lowest BCUT2D eigenvalue weighted by atomic mass is 9.82. The van der Waals surface area contributed by atoms with Gasteiger partial charge in [-0.25, -0.2) is 0 Å². The average molecular weight is 498 g/mol. The molecule has 2 aliphatic rings. The Morgan fingerprint density at radius 2 is 1.91 bits per heavy atom. The molecule has 32 heavy (non-hydrogen) atoms. The summed E-state index contributed by atoms with van der Waals surface area (Å²) in [6.07, 6.45) is 3.03. The van der Waals surface area contributed by atoms with Crippen LogP contribution in [-0.4, -0.2) is 72.4 Å². The quantitative estimate of drug-likeness (QED) is 0.530. The SMILES string of the molecule is CN1CCN(CC(O)COc2ccc(C3CCCc4c3[nH]c3ccc(Br)cc43)cc2)CC1. The molecule has 1 aliphatic carbocycles. The lowest BCUT2D eigenvalue weighted by Crippen LogP contribution is -2.47. The van der Waals surface area contributed by atoms with Gasteiger partial charge >= 0.3 is 0 Å². The van der Waals surface area contributed by atoms with Crippen molar-refractivity contribution in [1.29, 1.82) is 0 Å². The van der Waals surface area contributed by atoms with Gasteiger partial charge in [-0.2, -0.15) is 0 Å². The minimum atomic E-state index is -0.468. The first-order valence-corrected chi connectivity index (χ1v) is 12.5. The fourth-order valence-corrected chi connectivity index (χ4v) is 5.50. The summed E-state index contributed by atoms with van der Waals surface area (Å²) >= 11 is 3.62. The molecule has 5 nitrogen and oxygen atoms in total. The molecule has 0 bridgehead atoms. The van der Waals surface area contributed by atoms with E-state index in [4.69, 9.17) is 4.74 Å². The molecule has 2 N–H and O–H groups in total. The number of nitrogens with one attached hydrogen (secondary N) is 1. The Labute approximate surface area is 198 Å². The number of fused-ring (bicyclic) bond motifs is 3. The number of β-amino-alcohol motifs (C(OH)–C–C–N with tert-alkyl or cyclic N) is 1. The van der Waals surface area contributed by atoms with Gasteiger partial charge in [0, 0.05) is 59.7 Å². The molecular formula is C26H32BrN3O2. The van der Waals surface area contributed by atoms with Crippen molar-refractivity contribution in [3.05, 3.63) is 63.8 Å². The van der Waals surface area contributed by atoms with E-state index in [9.17, 15) is 5.11 Å². The normalized spacial score (nSPS) is 20.9. The van der Waals surface area contributed by atoms with Gasteiger partial charge in [0.25, 0.3) is 0 Å². The molecule has 0 spiro atoms. The molecule has 2 unspecified atom stereocenters. The third-order valence-corrected chi connectivity index (χ3v) is 7.45. The first kappa shape index (κ1) is 22.0. The number of aryl methyl sites for hydroxylation is 1. The fourth-order valence-electron chi connectivity index (χ4n) is 5.14. The first-order valence-electron chi connectivity index (χ1n) is 11.7. The first-order chi connectivity index (χ1) is 15.6. The zero-order valence-corrected chi connectivity index (χ0v) is 20.3. The van der Waals surface area contributed by atoms with Crippen molar-refractivity contribution in [2.45, 2.75) is 31.3 Å². The highest BCUT2D eigenvalue weighted by molar-refractivity contribution is 9.10. The summed E-state index contributed by atoms with van der Waals surface area (Å²) in [5.41, 5.74) is 5.37. The molecule has 0 saturated carbocycles. The fraction of sp³-hybridized carbons (Fsp3) is 0.462. The molecular weight excluding hydrogens is 466 g/mol. The minimum Gasteiger partial charge on any atom is -0.491 e. The number of aliphatic hydroxyl groups excluding tert-OH is 1. The monoisotopic (exact) mass is 497 g/mol. The molecule has 3 aromatic rings. The molecule has 0 radical (unpaired) electrons. The summed E-state index contributed by atoms with van der Waals surface area (Å²) in [6, 6.07) is 15.0. The number of rotatable bonds is 6. The number of likely N-dealkylation sites (N-methyl/N-ethyl adjacent to an activating group) is 1. The van der Waals surface area contributed by atoms with Crippen molar-refractivity contribution < 1.29 is 9.84 Å². The number of halogens is 1. The molecule has 2 atom stereocenters. The Balaban J connectivity index is 1.22. The third-order valence-electron chi connectivity index (χ3n) is 6.96. The van der Waals surface area contributed by atoms with E-state index in [2.05, 4.69) is 68.1 Å². The summed E-state index contributed by atoms with van der Waals surface area (Å²) in [5, 5.41) is 11.7. The number of nitrogens with zero attached hydrogens (tertiary/aromatic N) is 2. The van der Waals surface area contributed by atoms with Crippen LogP contribution in [0.4, 0.5) is 0 Å². The molecule has 6 heteroatoms. The van der Waals surface area contributed by atoms with E-state index in [0.717, 1.165) is 49.2 Å². The second kappa shape index (κ2) is 9.56. The van der Waals surface area contributed by atoms with E-state index in [0.29, 0.717) is 19.1 Å². The second-order valence-electron chi connectivity index (χ2n) is 9.29. The van der Waals surface area contributed by atoms with E-state index in [1.807, 2.05) is 12.1 Å². The maximum absolute atomic E-state index is 10.4. The second-order valence-corrected chi connectivity index (χ2v) is 10.2. The van der Waals surface area contributed by atoms with Crippen LogP contribution in [0, 0.1) is 0 Å². The minimum absolute atomic E-state index is 0.330. The van der Waals surface area contributed by atoms with Crippen LogP contribution in [-0.2, 0) is 6.42 Å². The molecule has 1 fully saturated rings. The number of aromatic nitrogens is 1.